The van der Waals surface area contributed by atoms with Gasteiger partial charge in [-0.1, -0.05) is 0 Å². The van der Waals surface area contributed by atoms with Crippen LogP contribution in [0, 0.1) is 6.92 Å². The molecule has 0 amide bonds. The molecule has 1 aliphatic rings. The average Bonchev–Trinajstić information content (AvgIpc) is 3.34. The van der Waals surface area contributed by atoms with Crippen molar-refractivity contribution in [3.8, 4) is 11.3 Å². The summed E-state index contributed by atoms with van der Waals surface area (Å²) in [6, 6.07) is 5.48. The Labute approximate surface area is 192 Å². The Hall–Kier alpha value is -3.28. The predicted molar refractivity (Wildman–Crippen MR) is 117 cm³/mol. The number of imidazole rings is 1. The monoisotopic (exact) mass is 477 g/mol. The van der Waals surface area contributed by atoms with Crippen LogP contribution in [0.2, 0.25) is 0 Å². The molecule has 8 nitrogen and oxygen atoms in total. The smallest absolute Gasteiger partial charge is 0.345 e. The van der Waals surface area contributed by atoms with Crippen LogP contribution in [0.15, 0.2) is 30.6 Å². The lowest BCUT2D eigenvalue weighted by Crippen LogP contribution is -2.31. The van der Waals surface area contributed by atoms with Crippen molar-refractivity contribution >= 4 is 22.6 Å². The molecule has 0 unspecified atom stereocenters. The van der Waals surface area contributed by atoms with Crippen LogP contribution in [0.25, 0.3) is 27.9 Å². The van der Waals surface area contributed by atoms with E-state index in [2.05, 4.69) is 30.1 Å². The zero-order valence-electron chi connectivity index (χ0n) is 18.3. The summed E-state index contributed by atoms with van der Waals surface area (Å²) in [5.74, 6) is 0.914. The highest BCUT2D eigenvalue weighted by atomic mass is 19.3. The lowest BCUT2D eigenvalue weighted by atomic mass is 9.93. The largest absolute Gasteiger partial charge is 0.350 e. The molecule has 1 saturated carbocycles. The van der Waals surface area contributed by atoms with Crippen LogP contribution in [0.4, 0.5) is 23.5 Å². The number of aromatic nitrogens is 6. The maximum atomic E-state index is 13.0. The summed E-state index contributed by atoms with van der Waals surface area (Å²) in [7, 11) is 0. The van der Waals surface area contributed by atoms with Gasteiger partial charge >= 0.3 is 6.61 Å². The molecule has 34 heavy (non-hydrogen) atoms. The van der Waals surface area contributed by atoms with Crippen LogP contribution < -0.4 is 5.32 Å². The Bertz CT molecular complexity index is 1300. The van der Waals surface area contributed by atoms with Gasteiger partial charge in [-0.3, -0.25) is 0 Å². The van der Waals surface area contributed by atoms with Crippen LogP contribution in [0.3, 0.4) is 0 Å². The van der Waals surface area contributed by atoms with Gasteiger partial charge in [0.1, 0.15) is 11.3 Å². The number of pyridine rings is 1. The molecule has 0 aromatic carbocycles. The molecule has 0 spiro atoms. The SMILES string of the molecule is Cc1nc2ccc(-c3ccn4nc(N[C@H]5CC[C@@H](OC(F)F)CC5)ncc34)nc2n1CC(F)F. The number of aryl methyl sites for hydroxylation is 1. The molecule has 12 heteroatoms. The number of hydrogen-bond acceptors (Lipinski definition) is 6. The van der Waals surface area contributed by atoms with Crippen LogP contribution in [-0.2, 0) is 11.3 Å². The maximum absolute atomic E-state index is 13.0. The lowest BCUT2D eigenvalue weighted by molar-refractivity contribution is -0.169. The summed E-state index contributed by atoms with van der Waals surface area (Å²) < 4.78 is 58.5. The zero-order chi connectivity index (χ0) is 23.8. The molecule has 4 aromatic heterocycles. The van der Waals surface area contributed by atoms with Crippen LogP contribution in [0.1, 0.15) is 31.5 Å². The van der Waals surface area contributed by atoms with E-state index >= 15 is 0 Å². The molecule has 1 fully saturated rings. The van der Waals surface area contributed by atoms with E-state index in [0.29, 0.717) is 59.8 Å². The van der Waals surface area contributed by atoms with Gasteiger partial charge in [-0.05, 0) is 50.8 Å². The highest BCUT2D eigenvalue weighted by Crippen LogP contribution is 2.28. The molecular weight excluding hydrogens is 454 g/mol. The number of ether oxygens (including phenoxy) is 1. The van der Waals surface area contributed by atoms with Crippen LogP contribution >= 0.6 is 0 Å². The number of nitrogens with zero attached hydrogens (tertiary/aromatic N) is 6. The van der Waals surface area contributed by atoms with E-state index in [1.165, 1.54) is 4.57 Å². The third kappa shape index (κ3) is 4.54. The minimum absolute atomic E-state index is 0.0763. The van der Waals surface area contributed by atoms with Gasteiger partial charge in [0.2, 0.25) is 5.95 Å². The van der Waals surface area contributed by atoms with Crippen molar-refractivity contribution in [2.75, 3.05) is 5.32 Å². The molecule has 180 valence electrons. The molecule has 4 heterocycles. The van der Waals surface area contributed by atoms with Crippen molar-refractivity contribution in [2.24, 2.45) is 0 Å². The molecule has 0 aliphatic heterocycles. The van der Waals surface area contributed by atoms with Crippen molar-refractivity contribution < 1.29 is 22.3 Å². The van der Waals surface area contributed by atoms with Crippen LogP contribution in [-0.4, -0.2) is 54.3 Å². The van der Waals surface area contributed by atoms with Gasteiger partial charge in [-0.2, -0.15) is 8.78 Å². The van der Waals surface area contributed by atoms with Crippen molar-refractivity contribution in [3.63, 3.8) is 0 Å². The van der Waals surface area contributed by atoms with Crippen molar-refractivity contribution in [1.29, 1.82) is 0 Å². The lowest BCUT2D eigenvalue weighted by Gasteiger charge is -2.28. The van der Waals surface area contributed by atoms with Crippen molar-refractivity contribution in [2.45, 2.75) is 64.3 Å². The van der Waals surface area contributed by atoms with E-state index in [0.717, 1.165) is 5.56 Å². The van der Waals surface area contributed by atoms with E-state index in [1.54, 1.807) is 36.0 Å². The zero-order valence-corrected chi connectivity index (χ0v) is 18.3. The Kier molecular flexibility index (Phi) is 6.07. The molecule has 0 atom stereocenters. The minimum Gasteiger partial charge on any atom is -0.350 e. The summed E-state index contributed by atoms with van der Waals surface area (Å²) in [5, 5.41) is 7.77. The number of nitrogens with one attached hydrogen (secondary N) is 1. The first-order valence-electron chi connectivity index (χ1n) is 11.0. The standard InChI is InChI=1S/C22H23F4N7O/c1-12-28-17-7-6-16(30-20(17)32(12)11-19(23)24)15-8-9-33-18(15)10-27-22(31-33)29-13-2-4-14(5-3-13)34-21(25)26/h6-10,13-14,19,21H,2-5,11H2,1H3,(H,29,31)/t13-,14+. The third-order valence-electron chi connectivity index (χ3n) is 6.10. The molecule has 0 saturated heterocycles. The Morgan fingerprint density at radius 3 is 2.62 bits per heavy atom. The summed E-state index contributed by atoms with van der Waals surface area (Å²) >= 11 is 0. The van der Waals surface area contributed by atoms with Gasteiger partial charge in [0, 0.05) is 17.8 Å². The first-order chi connectivity index (χ1) is 16.4. The normalized spacial score (nSPS) is 19.0. The Morgan fingerprint density at radius 2 is 1.88 bits per heavy atom. The summed E-state index contributed by atoms with van der Waals surface area (Å²) in [5.41, 5.74) is 3.04. The second-order valence-electron chi connectivity index (χ2n) is 8.36. The van der Waals surface area contributed by atoms with Gasteiger partial charge in [0.15, 0.2) is 5.65 Å². The van der Waals surface area contributed by atoms with Crippen LogP contribution in [0.5, 0.6) is 0 Å². The van der Waals surface area contributed by atoms with E-state index in [1.807, 2.05) is 6.07 Å². The fourth-order valence-electron chi connectivity index (χ4n) is 4.48. The fourth-order valence-corrected chi connectivity index (χ4v) is 4.48. The second kappa shape index (κ2) is 9.16. The van der Waals surface area contributed by atoms with Gasteiger partial charge in [0.05, 0.1) is 30.1 Å². The first kappa shape index (κ1) is 22.5. The number of hydrogen-bond donors (Lipinski definition) is 1. The fraction of sp³-hybridized carbons (Fsp3) is 0.455. The molecule has 1 aliphatic carbocycles. The molecule has 0 radical (unpaired) electrons. The topological polar surface area (TPSA) is 82.2 Å². The molecular formula is C22H23F4N7O. The summed E-state index contributed by atoms with van der Waals surface area (Å²) in [6.45, 7) is -1.53. The van der Waals surface area contributed by atoms with Gasteiger partial charge < -0.3 is 14.6 Å². The summed E-state index contributed by atoms with van der Waals surface area (Å²) in [4.78, 5) is 13.3. The quantitative estimate of drug-likeness (QED) is 0.390. The average molecular weight is 477 g/mol. The molecule has 4 aromatic rings. The maximum Gasteiger partial charge on any atom is 0.345 e. The van der Waals surface area contributed by atoms with E-state index in [4.69, 9.17) is 0 Å². The number of alkyl halides is 4. The third-order valence-corrected chi connectivity index (χ3v) is 6.10. The minimum atomic E-state index is -2.74. The van der Waals surface area contributed by atoms with Gasteiger partial charge in [-0.25, -0.2) is 28.2 Å². The number of fused-ring (bicyclic) bond motifs is 2. The molecule has 0 bridgehead atoms. The number of halogens is 4. The van der Waals surface area contributed by atoms with Crippen molar-refractivity contribution in [3.05, 3.63) is 36.4 Å². The molecule has 5 rings (SSSR count). The number of anilines is 1. The second-order valence-corrected chi connectivity index (χ2v) is 8.36. The Balaban J connectivity index is 1.35. The Morgan fingerprint density at radius 1 is 1.09 bits per heavy atom. The van der Waals surface area contributed by atoms with Gasteiger partial charge in [-0.15, -0.1) is 5.10 Å². The number of rotatable bonds is 7. The van der Waals surface area contributed by atoms with Crippen molar-refractivity contribution in [1.82, 2.24) is 29.1 Å². The van der Waals surface area contributed by atoms with E-state index in [-0.39, 0.29) is 6.04 Å². The highest BCUT2D eigenvalue weighted by Gasteiger charge is 2.24. The predicted octanol–water partition coefficient (Wildman–Crippen LogP) is 4.68. The van der Waals surface area contributed by atoms with E-state index in [9.17, 15) is 17.6 Å². The first-order valence-corrected chi connectivity index (χ1v) is 11.0. The van der Waals surface area contributed by atoms with E-state index < -0.39 is 25.7 Å². The molecule has 1 N–H and O–H groups in total. The van der Waals surface area contributed by atoms with Gasteiger partial charge in [0.25, 0.3) is 6.43 Å². The highest BCUT2D eigenvalue weighted by molar-refractivity contribution is 5.82. The summed E-state index contributed by atoms with van der Waals surface area (Å²) in [6.07, 6.45) is 2.99.